The molecule has 0 fully saturated rings. The number of nitrogens with one attached hydrogen (secondary N) is 1. The highest BCUT2D eigenvalue weighted by molar-refractivity contribution is 9.10. The smallest absolute Gasteiger partial charge is 0.222 e. The summed E-state index contributed by atoms with van der Waals surface area (Å²) in [6.45, 7) is 3.69. The molecule has 0 aromatic carbocycles. The van der Waals surface area contributed by atoms with Crippen LogP contribution in [-0.2, 0) is 7.05 Å². The van der Waals surface area contributed by atoms with Crippen LogP contribution in [0.4, 0.5) is 11.8 Å². The zero-order valence-corrected chi connectivity index (χ0v) is 15.1. The number of fused-ring (bicyclic) bond motifs is 1. The molecule has 0 aliphatic rings. The molecular weight excluding hydrogens is 370 g/mol. The van der Waals surface area contributed by atoms with Gasteiger partial charge in [0.2, 0.25) is 5.95 Å². The number of aromatic nitrogens is 4. The zero-order chi connectivity index (χ0) is 17.4. The van der Waals surface area contributed by atoms with Gasteiger partial charge < -0.3 is 15.6 Å². The summed E-state index contributed by atoms with van der Waals surface area (Å²) in [5.74, 6) is 0.545. The summed E-state index contributed by atoms with van der Waals surface area (Å²) in [4.78, 5) is 12.9. The highest BCUT2D eigenvalue weighted by Gasteiger charge is 2.17. The molecule has 24 heavy (non-hydrogen) atoms. The van der Waals surface area contributed by atoms with Gasteiger partial charge in [0.25, 0.3) is 0 Å². The SMILES string of the molecule is Cc1nc(N)nc(NC(C)c2nc3ccn(C)c3cc2Br)c1C#N. The van der Waals surface area contributed by atoms with E-state index in [1.807, 2.05) is 36.9 Å². The van der Waals surface area contributed by atoms with E-state index >= 15 is 0 Å². The molecule has 0 amide bonds. The highest BCUT2D eigenvalue weighted by atomic mass is 79.9. The first-order valence-electron chi connectivity index (χ1n) is 7.33. The van der Waals surface area contributed by atoms with Crippen molar-refractivity contribution in [1.29, 1.82) is 5.26 Å². The minimum Gasteiger partial charge on any atom is -0.368 e. The van der Waals surface area contributed by atoms with E-state index < -0.39 is 0 Å². The van der Waals surface area contributed by atoms with Crippen molar-refractivity contribution >= 4 is 38.7 Å². The van der Waals surface area contributed by atoms with Crippen LogP contribution in [0.25, 0.3) is 11.0 Å². The molecule has 0 saturated heterocycles. The fourth-order valence-corrected chi connectivity index (χ4v) is 3.24. The zero-order valence-electron chi connectivity index (χ0n) is 13.5. The molecule has 7 nitrogen and oxygen atoms in total. The molecule has 3 N–H and O–H groups in total. The third kappa shape index (κ3) is 2.78. The lowest BCUT2D eigenvalue weighted by molar-refractivity contribution is 0.828. The summed E-state index contributed by atoms with van der Waals surface area (Å²) in [5, 5.41) is 12.6. The second-order valence-corrected chi connectivity index (χ2v) is 6.41. The maximum absolute atomic E-state index is 9.33. The van der Waals surface area contributed by atoms with Crippen LogP contribution in [0.2, 0.25) is 0 Å². The first-order chi connectivity index (χ1) is 11.4. The van der Waals surface area contributed by atoms with Gasteiger partial charge in [-0.1, -0.05) is 0 Å². The fraction of sp³-hybridized carbons (Fsp3) is 0.250. The van der Waals surface area contributed by atoms with Crippen LogP contribution >= 0.6 is 15.9 Å². The molecule has 0 saturated carbocycles. The van der Waals surface area contributed by atoms with Crippen molar-refractivity contribution in [3.05, 3.63) is 39.8 Å². The minimum absolute atomic E-state index is 0.131. The first kappa shape index (κ1) is 16.2. The van der Waals surface area contributed by atoms with Gasteiger partial charge in [0.05, 0.1) is 28.5 Å². The van der Waals surface area contributed by atoms with Crippen molar-refractivity contribution in [2.45, 2.75) is 19.9 Å². The van der Waals surface area contributed by atoms with Gasteiger partial charge in [0, 0.05) is 17.7 Å². The van der Waals surface area contributed by atoms with Crippen LogP contribution in [0, 0.1) is 18.3 Å². The van der Waals surface area contributed by atoms with E-state index in [-0.39, 0.29) is 12.0 Å². The van der Waals surface area contributed by atoms with Crippen molar-refractivity contribution in [2.75, 3.05) is 11.1 Å². The number of halogens is 1. The average molecular weight is 386 g/mol. The Hall–Kier alpha value is -2.66. The molecule has 0 bridgehead atoms. The van der Waals surface area contributed by atoms with Crippen LogP contribution in [0.15, 0.2) is 22.8 Å². The Morgan fingerprint density at radius 2 is 2.12 bits per heavy atom. The number of nitrogens with zero attached hydrogens (tertiary/aromatic N) is 5. The Morgan fingerprint density at radius 3 is 2.83 bits per heavy atom. The second kappa shape index (κ2) is 6.09. The third-order valence-corrected chi connectivity index (χ3v) is 4.47. The largest absolute Gasteiger partial charge is 0.368 e. The van der Waals surface area contributed by atoms with Gasteiger partial charge in [0.15, 0.2) is 0 Å². The molecule has 122 valence electrons. The van der Waals surface area contributed by atoms with E-state index in [0.717, 1.165) is 21.2 Å². The van der Waals surface area contributed by atoms with Gasteiger partial charge in [-0.3, -0.25) is 0 Å². The molecule has 8 heteroatoms. The van der Waals surface area contributed by atoms with Crippen LogP contribution in [-0.4, -0.2) is 19.5 Å². The summed E-state index contributed by atoms with van der Waals surface area (Å²) in [5.41, 5.74) is 9.41. The van der Waals surface area contributed by atoms with E-state index in [1.165, 1.54) is 0 Å². The second-order valence-electron chi connectivity index (χ2n) is 5.56. The van der Waals surface area contributed by atoms with E-state index in [1.54, 1.807) is 6.92 Å². The van der Waals surface area contributed by atoms with Crippen molar-refractivity contribution in [3.8, 4) is 6.07 Å². The minimum atomic E-state index is -0.176. The Balaban J connectivity index is 2.00. The summed E-state index contributed by atoms with van der Waals surface area (Å²) >= 11 is 3.58. The Labute approximate surface area is 147 Å². The standard InChI is InChI=1S/C16H16BrN7/c1-8-10(7-18)15(23-16(19)21-8)20-9(2)14-11(17)6-13-12(22-14)4-5-24(13)3/h4-6,9H,1-3H3,(H3,19,20,21,23). The van der Waals surface area contributed by atoms with Crippen LogP contribution < -0.4 is 11.1 Å². The normalized spacial score (nSPS) is 12.1. The molecule has 3 heterocycles. The predicted octanol–water partition coefficient (Wildman–Crippen LogP) is 3.06. The lowest BCUT2D eigenvalue weighted by Crippen LogP contribution is -2.14. The van der Waals surface area contributed by atoms with Gasteiger partial charge in [-0.15, -0.1) is 0 Å². The highest BCUT2D eigenvalue weighted by Crippen LogP contribution is 2.29. The molecule has 0 spiro atoms. The lowest BCUT2D eigenvalue weighted by atomic mass is 10.1. The Morgan fingerprint density at radius 1 is 1.38 bits per heavy atom. The molecule has 3 rings (SSSR count). The molecule has 0 radical (unpaired) electrons. The first-order valence-corrected chi connectivity index (χ1v) is 8.12. The maximum atomic E-state index is 9.33. The monoisotopic (exact) mass is 385 g/mol. The van der Waals surface area contributed by atoms with Crippen LogP contribution in [0.1, 0.15) is 29.9 Å². The van der Waals surface area contributed by atoms with Crippen LogP contribution in [0.5, 0.6) is 0 Å². The summed E-state index contributed by atoms with van der Waals surface area (Å²) in [6.07, 6.45) is 1.97. The Bertz CT molecular complexity index is 971. The van der Waals surface area contributed by atoms with Crippen molar-refractivity contribution in [3.63, 3.8) is 0 Å². The van der Waals surface area contributed by atoms with Gasteiger partial charge in [-0.05, 0) is 41.9 Å². The number of hydrogen-bond acceptors (Lipinski definition) is 6. The number of nitrogen functional groups attached to an aromatic ring is 1. The molecule has 0 aliphatic heterocycles. The van der Waals surface area contributed by atoms with Crippen LogP contribution in [0.3, 0.4) is 0 Å². The van der Waals surface area contributed by atoms with E-state index in [9.17, 15) is 5.26 Å². The van der Waals surface area contributed by atoms with Gasteiger partial charge in [0.1, 0.15) is 17.5 Å². The number of aryl methyl sites for hydroxylation is 2. The molecule has 3 aromatic heterocycles. The van der Waals surface area contributed by atoms with Crippen molar-refractivity contribution in [1.82, 2.24) is 19.5 Å². The maximum Gasteiger partial charge on any atom is 0.222 e. The topological polar surface area (TPSA) is 105 Å². The predicted molar refractivity (Wildman–Crippen MR) is 96.3 cm³/mol. The van der Waals surface area contributed by atoms with Gasteiger partial charge >= 0.3 is 0 Å². The summed E-state index contributed by atoms with van der Waals surface area (Å²) in [7, 11) is 1.98. The van der Waals surface area contributed by atoms with E-state index in [0.29, 0.717) is 17.1 Å². The third-order valence-electron chi connectivity index (χ3n) is 3.83. The number of pyridine rings is 1. The molecule has 0 aliphatic carbocycles. The number of nitriles is 1. The quantitative estimate of drug-likeness (QED) is 0.717. The fourth-order valence-electron chi connectivity index (χ4n) is 2.59. The Kier molecular flexibility index (Phi) is 4.11. The summed E-state index contributed by atoms with van der Waals surface area (Å²) in [6, 6.07) is 5.93. The van der Waals surface area contributed by atoms with Crippen molar-refractivity contribution in [2.24, 2.45) is 7.05 Å². The van der Waals surface area contributed by atoms with Crippen molar-refractivity contribution < 1.29 is 0 Å². The average Bonchev–Trinajstić information content (AvgIpc) is 2.86. The molecule has 1 atom stereocenters. The van der Waals surface area contributed by atoms with E-state index in [4.69, 9.17) is 10.7 Å². The molecular formula is C16H16BrN7. The number of hydrogen-bond donors (Lipinski definition) is 2. The number of rotatable bonds is 3. The summed E-state index contributed by atoms with van der Waals surface area (Å²) < 4.78 is 2.89. The molecule has 3 aromatic rings. The number of anilines is 2. The van der Waals surface area contributed by atoms with Gasteiger partial charge in [-0.2, -0.15) is 10.2 Å². The lowest BCUT2D eigenvalue weighted by Gasteiger charge is -2.17. The number of nitrogens with two attached hydrogens (primary N) is 1. The van der Waals surface area contributed by atoms with E-state index in [2.05, 4.69) is 37.3 Å². The molecule has 1 unspecified atom stereocenters. The van der Waals surface area contributed by atoms with Gasteiger partial charge in [-0.25, -0.2) is 9.97 Å².